The van der Waals surface area contributed by atoms with E-state index in [-0.39, 0.29) is 18.4 Å². The van der Waals surface area contributed by atoms with E-state index in [2.05, 4.69) is 19.6 Å². The summed E-state index contributed by atoms with van der Waals surface area (Å²) >= 11 is 0. The predicted octanol–water partition coefficient (Wildman–Crippen LogP) is 0.865. The standard InChI is InChI=1S/C12H19N3O/c1-4-7-15-9-10(2)8-14(3)11(5-6-13)12(15)16/h4,10-11H,1,5,7-9H2,2-3H3. The number of amides is 1. The summed E-state index contributed by atoms with van der Waals surface area (Å²) in [7, 11) is 1.91. The minimum Gasteiger partial charge on any atom is -0.337 e. The molecule has 0 spiro atoms. The fraction of sp³-hybridized carbons (Fsp3) is 0.667. The maximum absolute atomic E-state index is 12.2. The van der Waals surface area contributed by atoms with Crippen molar-refractivity contribution >= 4 is 5.91 Å². The van der Waals surface area contributed by atoms with Crippen molar-refractivity contribution in [1.82, 2.24) is 9.80 Å². The Morgan fingerprint density at radius 3 is 2.88 bits per heavy atom. The average Bonchev–Trinajstić information content (AvgIpc) is 2.31. The topological polar surface area (TPSA) is 47.3 Å². The number of rotatable bonds is 3. The maximum atomic E-state index is 12.2. The normalized spacial score (nSPS) is 27.3. The van der Waals surface area contributed by atoms with Crippen molar-refractivity contribution in [1.29, 1.82) is 5.26 Å². The maximum Gasteiger partial charge on any atom is 0.241 e. The third-order valence-electron chi connectivity index (χ3n) is 2.89. The molecule has 1 fully saturated rings. The highest BCUT2D eigenvalue weighted by atomic mass is 16.2. The highest BCUT2D eigenvalue weighted by molar-refractivity contribution is 5.82. The number of likely N-dealkylation sites (N-methyl/N-ethyl adjacent to an activating group) is 1. The van der Waals surface area contributed by atoms with Gasteiger partial charge in [0.05, 0.1) is 12.5 Å². The van der Waals surface area contributed by atoms with Gasteiger partial charge in [-0.05, 0) is 13.0 Å². The minimum absolute atomic E-state index is 0.0494. The Hall–Kier alpha value is -1.34. The molecule has 0 aliphatic carbocycles. The molecule has 0 saturated carbocycles. The Labute approximate surface area is 97.1 Å². The summed E-state index contributed by atoms with van der Waals surface area (Å²) < 4.78 is 0. The van der Waals surface area contributed by atoms with Crippen LogP contribution in [0, 0.1) is 17.2 Å². The molecule has 0 aromatic carbocycles. The van der Waals surface area contributed by atoms with Gasteiger partial charge in [0.15, 0.2) is 0 Å². The summed E-state index contributed by atoms with van der Waals surface area (Å²) in [5, 5.41) is 8.76. The van der Waals surface area contributed by atoms with E-state index in [1.165, 1.54) is 0 Å². The average molecular weight is 221 g/mol. The Bertz CT molecular complexity index is 308. The van der Waals surface area contributed by atoms with E-state index < -0.39 is 0 Å². The second-order valence-corrected chi connectivity index (χ2v) is 4.45. The molecule has 1 aliphatic heterocycles. The molecule has 0 radical (unpaired) electrons. The third kappa shape index (κ3) is 2.83. The van der Waals surface area contributed by atoms with Crippen LogP contribution in [-0.4, -0.2) is 48.4 Å². The van der Waals surface area contributed by atoms with E-state index in [0.717, 1.165) is 13.1 Å². The summed E-state index contributed by atoms with van der Waals surface area (Å²) in [6.45, 7) is 7.95. The Morgan fingerprint density at radius 1 is 1.62 bits per heavy atom. The molecule has 4 nitrogen and oxygen atoms in total. The molecule has 4 heteroatoms. The Kier molecular flexibility index (Phi) is 4.51. The summed E-state index contributed by atoms with van der Waals surface area (Å²) in [6.07, 6.45) is 2.00. The van der Waals surface area contributed by atoms with Crippen LogP contribution in [0.4, 0.5) is 0 Å². The first-order valence-corrected chi connectivity index (χ1v) is 5.57. The van der Waals surface area contributed by atoms with Crippen molar-refractivity contribution in [3.05, 3.63) is 12.7 Å². The van der Waals surface area contributed by atoms with Gasteiger partial charge in [0.25, 0.3) is 0 Å². The lowest BCUT2D eigenvalue weighted by molar-refractivity contribution is -0.134. The van der Waals surface area contributed by atoms with E-state index in [9.17, 15) is 4.79 Å². The van der Waals surface area contributed by atoms with Crippen molar-refractivity contribution in [2.45, 2.75) is 19.4 Å². The largest absolute Gasteiger partial charge is 0.337 e. The lowest BCUT2D eigenvalue weighted by atomic mass is 10.1. The van der Waals surface area contributed by atoms with Crippen LogP contribution in [0.15, 0.2) is 12.7 Å². The number of carbonyl (C=O) groups excluding carboxylic acids is 1. The molecule has 1 saturated heterocycles. The zero-order chi connectivity index (χ0) is 12.1. The minimum atomic E-state index is -0.296. The van der Waals surface area contributed by atoms with Crippen molar-refractivity contribution in [3.63, 3.8) is 0 Å². The van der Waals surface area contributed by atoms with Crippen LogP contribution in [-0.2, 0) is 4.79 Å². The van der Waals surface area contributed by atoms with Crippen LogP contribution in [0.3, 0.4) is 0 Å². The van der Waals surface area contributed by atoms with Gasteiger partial charge in [0.1, 0.15) is 6.04 Å². The molecule has 1 heterocycles. The molecule has 0 N–H and O–H groups in total. The first-order valence-electron chi connectivity index (χ1n) is 5.57. The fourth-order valence-corrected chi connectivity index (χ4v) is 2.19. The van der Waals surface area contributed by atoms with E-state index >= 15 is 0 Å². The van der Waals surface area contributed by atoms with Gasteiger partial charge >= 0.3 is 0 Å². The van der Waals surface area contributed by atoms with Gasteiger partial charge < -0.3 is 4.90 Å². The Balaban J connectivity index is 2.86. The van der Waals surface area contributed by atoms with Gasteiger partial charge in [0, 0.05) is 19.6 Å². The van der Waals surface area contributed by atoms with E-state index in [1.807, 2.05) is 11.9 Å². The van der Waals surface area contributed by atoms with Crippen LogP contribution in [0.25, 0.3) is 0 Å². The lowest BCUT2D eigenvalue weighted by Gasteiger charge is -2.25. The van der Waals surface area contributed by atoms with E-state index in [4.69, 9.17) is 5.26 Å². The van der Waals surface area contributed by atoms with Crippen molar-refractivity contribution in [2.75, 3.05) is 26.7 Å². The van der Waals surface area contributed by atoms with E-state index in [0.29, 0.717) is 12.5 Å². The first-order chi connectivity index (χ1) is 7.60. The van der Waals surface area contributed by atoms with Crippen molar-refractivity contribution in [2.24, 2.45) is 5.92 Å². The van der Waals surface area contributed by atoms with Gasteiger partial charge in [-0.2, -0.15) is 5.26 Å². The first kappa shape index (κ1) is 12.7. The number of nitriles is 1. The number of hydrogen-bond donors (Lipinski definition) is 0. The molecule has 16 heavy (non-hydrogen) atoms. The molecule has 0 aromatic heterocycles. The van der Waals surface area contributed by atoms with Crippen LogP contribution in [0.1, 0.15) is 13.3 Å². The number of hydrogen-bond acceptors (Lipinski definition) is 3. The van der Waals surface area contributed by atoms with Crippen LogP contribution < -0.4 is 0 Å². The Morgan fingerprint density at radius 2 is 2.31 bits per heavy atom. The quantitative estimate of drug-likeness (QED) is 0.664. The van der Waals surface area contributed by atoms with Gasteiger partial charge in [-0.3, -0.25) is 9.69 Å². The number of carbonyl (C=O) groups is 1. The van der Waals surface area contributed by atoms with Gasteiger partial charge in [-0.15, -0.1) is 6.58 Å². The van der Waals surface area contributed by atoms with Crippen molar-refractivity contribution < 1.29 is 4.79 Å². The molecule has 1 amide bonds. The fourth-order valence-electron chi connectivity index (χ4n) is 2.19. The molecule has 88 valence electrons. The summed E-state index contributed by atoms with van der Waals surface area (Å²) in [4.78, 5) is 15.9. The smallest absolute Gasteiger partial charge is 0.241 e. The molecule has 2 atom stereocenters. The molecule has 1 aliphatic rings. The highest BCUT2D eigenvalue weighted by Gasteiger charge is 2.32. The second kappa shape index (κ2) is 5.66. The molecular formula is C12H19N3O. The van der Waals surface area contributed by atoms with E-state index in [1.54, 1.807) is 11.0 Å². The summed E-state index contributed by atoms with van der Waals surface area (Å²) in [5.41, 5.74) is 0. The number of nitrogens with zero attached hydrogens (tertiary/aromatic N) is 3. The highest BCUT2D eigenvalue weighted by Crippen LogP contribution is 2.15. The zero-order valence-electron chi connectivity index (χ0n) is 10.0. The van der Waals surface area contributed by atoms with Crippen LogP contribution in [0.5, 0.6) is 0 Å². The molecular weight excluding hydrogens is 202 g/mol. The van der Waals surface area contributed by atoms with Crippen molar-refractivity contribution in [3.8, 4) is 6.07 Å². The second-order valence-electron chi connectivity index (χ2n) is 4.45. The van der Waals surface area contributed by atoms with Gasteiger partial charge in [0.2, 0.25) is 5.91 Å². The predicted molar refractivity (Wildman–Crippen MR) is 62.6 cm³/mol. The van der Waals surface area contributed by atoms with Gasteiger partial charge in [-0.25, -0.2) is 0 Å². The molecule has 2 unspecified atom stereocenters. The lowest BCUT2D eigenvalue weighted by Crippen LogP contribution is -2.44. The molecule has 0 aromatic rings. The zero-order valence-corrected chi connectivity index (χ0v) is 10.0. The van der Waals surface area contributed by atoms with Gasteiger partial charge in [-0.1, -0.05) is 13.0 Å². The summed E-state index contributed by atoms with van der Waals surface area (Å²) in [6, 6.07) is 1.79. The molecule has 1 rings (SSSR count). The van der Waals surface area contributed by atoms with Crippen LogP contribution >= 0.6 is 0 Å². The SMILES string of the molecule is C=CCN1CC(C)CN(C)C(CC#N)C1=O. The monoisotopic (exact) mass is 221 g/mol. The summed E-state index contributed by atoms with van der Waals surface area (Å²) in [5.74, 6) is 0.478. The molecule has 0 bridgehead atoms. The van der Waals surface area contributed by atoms with Crippen LogP contribution in [0.2, 0.25) is 0 Å². The third-order valence-corrected chi connectivity index (χ3v) is 2.89.